The number of urea groups is 1. The Hall–Kier alpha value is -2.05. The zero-order valence-corrected chi connectivity index (χ0v) is 10.4. The third-order valence-electron chi connectivity index (χ3n) is 2.96. The van der Waals surface area contributed by atoms with Crippen LogP contribution in [-0.4, -0.2) is 44.9 Å². The highest BCUT2D eigenvalue weighted by atomic mass is 16.4. The molecule has 7 heteroatoms. The summed E-state index contributed by atoms with van der Waals surface area (Å²) in [5, 5.41) is 15.5. The largest absolute Gasteiger partial charge is 0.481 e. The van der Waals surface area contributed by atoms with Gasteiger partial charge in [-0.2, -0.15) is 5.10 Å². The molecule has 98 valence electrons. The maximum Gasteiger partial charge on any atom is 0.321 e. The Morgan fingerprint density at radius 2 is 2.22 bits per heavy atom. The summed E-state index contributed by atoms with van der Waals surface area (Å²) in [6, 6.07) is -0.201. The first-order chi connectivity index (χ1) is 8.45. The van der Waals surface area contributed by atoms with Crippen LogP contribution in [0.1, 0.15) is 12.1 Å². The van der Waals surface area contributed by atoms with Gasteiger partial charge in [0.15, 0.2) is 0 Å². The molecule has 1 aliphatic rings. The highest BCUT2D eigenvalue weighted by molar-refractivity contribution is 5.90. The van der Waals surface area contributed by atoms with Gasteiger partial charge >= 0.3 is 12.0 Å². The molecular formula is C11H16N4O3. The maximum absolute atomic E-state index is 11.8. The molecule has 0 saturated carbocycles. The minimum Gasteiger partial charge on any atom is -0.481 e. The number of rotatable bonds is 3. The van der Waals surface area contributed by atoms with E-state index in [0.29, 0.717) is 18.8 Å². The van der Waals surface area contributed by atoms with Gasteiger partial charge in [-0.05, 0) is 6.92 Å². The molecule has 18 heavy (non-hydrogen) atoms. The van der Waals surface area contributed by atoms with Crippen molar-refractivity contribution in [3.05, 3.63) is 11.9 Å². The van der Waals surface area contributed by atoms with Gasteiger partial charge in [0, 0.05) is 32.3 Å². The van der Waals surface area contributed by atoms with Gasteiger partial charge in [-0.1, -0.05) is 0 Å². The van der Waals surface area contributed by atoms with Gasteiger partial charge in [0.1, 0.15) is 0 Å². The average Bonchev–Trinajstić information content (AvgIpc) is 2.50. The summed E-state index contributed by atoms with van der Waals surface area (Å²) in [5.41, 5.74) is 1.44. The summed E-state index contributed by atoms with van der Waals surface area (Å²) < 4.78 is 1.63. The van der Waals surface area contributed by atoms with Gasteiger partial charge in [0.05, 0.1) is 17.8 Å². The van der Waals surface area contributed by atoms with Gasteiger partial charge in [0.2, 0.25) is 0 Å². The molecule has 2 heterocycles. The number of carbonyl (C=O) groups is 2. The van der Waals surface area contributed by atoms with Crippen LogP contribution in [0.5, 0.6) is 0 Å². The molecule has 7 nitrogen and oxygen atoms in total. The maximum atomic E-state index is 11.8. The molecule has 0 atom stereocenters. The van der Waals surface area contributed by atoms with Gasteiger partial charge in [-0.25, -0.2) is 4.79 Å². The van der Waals surface area contributed by atoms with Gasteiger partial charge < -0.3 is 15.3 Å². The predicted octanol–water partition coefficient (Wildman–Crippen LogP) is 0.667. The Morgan fingerprint density at radius 1 is 1.56 bits per heavy atom. The smallest absolute Gasteiger partial charge is 0.321 e. The van der Waals surface area contributed by atoms with Crippen molar-refractivity contribution in [2.24, 2.45) is 13.0 Å². The molecule has 2 amide bonds. The number of carboxylic acids is 1. The molecule has 1 aromatic rings. The molecule has 0 aromatic carbocycles. The summed E-state index contributed by atoms with van der Waals surface area (Å²) in [5.74, 6) is -0.744. The first-order valence-electron chi connectivity index (χ1n) is 5.73. The van der Waals surface area contributed by atoms with E-state index in [9.17, 15) is 9.59 Å². The lowest BCUT2D eigenvalue weighted by molar-refractivity contribution is -0.139. The average molecular weight is 252 g/mol. The van der Waals surface area contributed by atoms with E-state index in [1.807, 2.05) is 6.92 Å². The molecule has 0 aliphatic carbocycles. The fourth-order valence-electron chi connectivity index (χ4n) is 2.03. The van der Waals surface area contributed by atoms with Gasteiger partial charge in [0.25, 0.3) is 0 Å². The van der Waals surface area contributed by atoms with Crippen molar-refractivity contribution in [1.29, 1.82) is 0 Å². The highest BCUT2D eigenvalue weighted by Gasteiger charge is 2.32. The highest BCUT2D eigenvalue weighted by Crippen LogP contribution is 2.21. The van der Waals surface area contributed by atoms with Gasteiger partial charge in [-0.15, -0.1) is 0 Å². The molecule has 1 aromatic heterocycles. The number of hydrogen-bond donors (Lipinski definition) is 2. The lowest BCUT2D eigenvalue weighted by Crippen LogP contribution is -2.52. The van der Waals surface area contributed by atoms with Crippen molar-refractivity contribution in [2.45, 2.75) is 13.3 Å². The Labute approximate surface area is 104 Å². The molecule has 2 rings (SSSR count). The number of likely N-dealkylation sites (tertiary alicyclic amines) is 1. The van der Waals surface area contributed by atoms with E-state index in [1.54, 1.807) is 22.8 Å². The van der Waals surface area contributed by atoms with Crippen molar-refractivity contribution in [1.82, 2.24) is 14.7 Å². The number of nitrogens with one attached hydrogen (secondary N) is 1. The Bertz CT molecular complexity index is 477. The first kappa shape index (κ1) is 12.4. The summed E-state index contributed by atoms with van der Waals surface area (Å²) in [7, 11) is 1.79. The molecule has 1 saturated heterocycles. The second kappa shape index (κ2) is 4.67. The molecular weight excluding hydrogens is 236 g/mol. The fraction of sp³-hybridized carbons (Fsp3) is 0.545. The van der Waals surface area contributed by atoms with Crippen LogP contribution in [0.15, 0.2) is 6.20 Å². The zero-order valence-electron chi connectivity index (χ0n) is 10.4. The minimum absolute atomic E-state index is 0.0724. The second-order valence-corrected chi connectivity index (χ2v) is 4.60. The number of aryl methyl sites for hydroxylation is 2. The molecule has 0 bridgehead atoms. The van der Waals surface area contributed by atoms with Crippen molar-refractivity contribution in [2.75, 3.05) is 18.4 Å². The quantitative estimate of drug-likeness (QED) is 0.827. The topological polar surface area (TPSA) is 87.5 Å². The van der Waals surface area contributed by atoms with E-state index in [-0.39, 0.29) is 18.4 Å². The van der Waals surface area contributed by atoms with E-state index in [1.165, 1.54) is 0 Å². The lowest BCUT2D eigenvalue weighted by atomic mass is 9.97. The van der Waals surface area contributed by atoms with Crippen LogP contribution in [0.3, 0.4) is 0 Å². The summed E-state index contributed by atoms with van der Waals surface area (Å²) >= 11 is 0. The second-order valence-electron chi connectivity index (χ2n) is 4.60. The third-order valence-corrected chi connectivity index (χ3v) is 2.96. The van der Waals surface area contributed by atoms with Crippen LogP contribution >= 0.6 is 0 Å². The number of hydrogen-bond acceptors (Lipinski definition) is 3. The van der Waals surface area contributed by atoms with Crippen molar-refractivity contribution in [3.8, 4) is 0 Å². The van der Waals surface area contributed by atoms with E-state index in [0.717, 1.165) is 5.69 Å². The number of carbonyl (C=O) groups excluding carboxylic acids is 1. The Balaban J connectivity index is 1.84. The van der Waals surface area contributed by atoms with Crippen molar-refractivity contribution >= 4 is 17.7 Å². The number of aliphatic carboxylic acids is 1. The van der Waals surface area contributed by atoms with E-state index >= 15 is 0 Å². The Morgan fingerprint density at radius 3 is 2.72 bits per heavy atom. The monoisotopic (exact) mass is 252 g/mol. The number of anilines is 1. The number of carboxylic acid groups (broad SMARTS) is 1. The first-order valence-corrected chi connectivity index (χ1v) is 5.73. The van der Waals surface area contributed by atoms with Crippen LogP contribution in [0.25, 0.3) is 0 Å². The lowest BCUT2D eigenvalue weighted by Gasteiger charge is -2.38. The molecule has 1 aliphatic heterocycles. The summed E-state index contributed by atoms with van der Waals surface area (Å²) in [6.07, 6.45) is 1.86. The molecule has 0 radical (unpaired) electrons. The van der Waals surface area contributed by atoms with Crippen LogP contribution in [0, 0.1) is 12.8 Å². The van der Waals surface area contributed by atoms with Crippen LogP contribution in [-0.2, 0) is 11.8 Å². The van der Waals surface area contributed by atoms with E-state index in [4.69, 9.17) is 5.11 Å². The fourth-order valence-corrected chi connectivity index (χ4v) is 2.03. The standard InChI is InChI=1S/C11H16N4O3/c1-7-9(6-14(2)13-7)12-11(18)15-4-8(5-15)3-10(16)17/h6,8H,3-5H2,1-2H3,(H,12,18)(H,16,17). The summed E-state index contributed by atoms with van der Waals surface area (Å²) in [4.78, 5) is 23.9. The number of aromatic nitrogens is 2. The molecule has 0 spiro atoms. The van der Waals surface area contributed by atoms with E-state index in [2.05, 4.69) is 10.4 Å². The zero-order chi connectivity index (χ0) is 13.3. The summed E-state index contributed by atoms with van der Waals surface area (Å²) in [6.45, 7) is 2.81. The molecule has 1 fully saturated rings. The van der Waals surface area contributed by atoms with Crippen molar-refractivity contribution in [3.63, 3.8) is 0 Å². The third kappa shape index (κ3) is 2.61. The number of amides is 2. The minimum atomic E-state index is -0.817. The van der Waals surface area contributed by atoms with Gasteiger partial charge in [-0.3, -0.25) is 9.48 Å². The van der Waals surface area contributed by atoms with Crippen LogP contribution in [0.4, 0.5) is 10.5 Å². The van der Waals surface area contributed by atoms with E-state index < -0.39 is 5.97 Å². The van der Waals surface area contributed by atoms with Crippen LogP contribution in [0.2, 0.25) is 0 Å². The van der Waals surface area contributed by atoms with Crippen molar-refractivity contribution < 1.29 is 14.7 Å². The normalized spacial score (nSPS) is 15.3. The predicted molar refractivity (Wildman–Crippen MR) is 64.3 cm³/mol. The Kier molecular flexibility index (Phi) is 3.22. The SMILES string of the molecule is Cc1nn(C)cc1NC(=O)N1CC(CC(=O)O)C1. The van der Waals surface area contributed by atoms with Crippen LogP contribution < -0.4 is 5.32 Å². The molecule has 2 N–H and O–H groups in total. The number of nitrogens with zero attached hydrogens (tertiary/aromatic N) is 3. The molecule has 0 unspecified atom stereocenters.